The second kappa shape index (κ2) is 10.2. The number of aliphatic carboxylic acids is 1. The average molecular weight is 498 g/mol. The molecule has 1 aliphatic rings. The second-order valence-corrected chi connectivity index (χ2v) is 10.1. The van der Waals surface area contributed by atoms with Crippen molar-refractivity contribution in [3.63, 3.8) is 0 Å². The number of likely N-dealkylation sites (N-methyl/N-ethyl adjacent to an activating group) is 1. The number of benzene rings is 2. The summed E-state index contributed by atoms with van der Waals surface area (Å²) in [6.07, 6.45) is -3.29. The Morgan fingerprint density at radius 1 is 1.09 bits per heavy atom. The van der Waals surface area contributed by atoms with E-state index in [2.05, 4.69) is 4.74 Å². The summed E-state index contributed by atoms with van der Waals surface area (Å²) in [5, 5.41) is 9.36. The number of halogens is 3. The van der Waals surface area contributed by atoms with Crippen molar-refractivity contribution in [1.29, 1.82) is 0 Å². The van der Waals surface area contributed by atoms with E-state index in [0.29, 0.717) is 19.4 Å². The third kappa shape index (κ3) is 6.59. The van der Waals surface area contributed by atoms with Gasteiger partial charge in [0.05, 0.1) is 0 Å². The van der Waals surface area contributed by atoms with Crippen molar-refractivity contribution < 1.29 is 37.3 Å². The Bertz CT molecular complexity index is 1040. The molecule has 1 amide bonds. The first-order valence-electron chi connectivity index (χ1n) is 10.8. The van der Waals surface area contributed by atoms with Gasteiger partial charge < -0.3 is 19.5 Å². The van der Waals surface area contributed by atoms with Crippen LogP contribution in [0.4, 0.5) is 18.0 Å². The van der Waals surface area contributed by atoms with Gasteiger partial charge in [0, 0.05) is 17.5 Å². The summed E-state index contributed by atoms with van der Waals surface area (Å²) in [7, 11) is 0. The molecule has 3 rings (SSSR count). The van der Waals surface area contributed by atoms with Crippen LogP contribution in [0, 0.1) is 0 Å². The van der Waals surface area contributed by atoms with Crippen molar-refractivity contribution in [3.8, 4) is 11.5 Å². The lowest BCUT2D eigenvalue weighted by Crippen LogP contribution is -2.44. The van der Waals surface area contributed by atoms with Gasteiger partial charge in [0.25, 0.3) is 0 Å². The van der Waals surface area contributed by atoms with Crippen LogP contribution in [0.3, 0.4) is 0 Å². The summed E-state index contributed by atoms with van der Waals surface area (Å²) in [5.41, 5.74) is 2.22. The van der Waals surface area contributed by atoms with Crippen molar-refractivity contribution in [2.45, 2.75) is 62.1 Å². The zero-order valence-corrected chi connectivity index (χ0v) is 19.8. The van der Waals surface area contributed by atoms with Gasteiger partial charge in [-0.3, -0.25) is 4.79 Å². The van der Waals surface area contributed by atoms with Gasteiger partial charge in [0.1, 0.15) is 16.2 Å². The Labute approximate surface area is 200 Å². The fourth-order valence-electron chi connectivity index (χ4n) is 3.79. The van der Waals surface area contributed by atoms with Gasteiger partial charge >= 0.3 is 18.4 Å². The van der Waals surface area contributed by atoms with Crippen LogP contribution in [0.2, 0.25) is 0 Å². The second-order valence-electron chi connectivity index (χ2n) is 8.42. The SMILES string of the molecule is CCN(C(=O)Oc1ccc(OC(F)(F)F)cc1)C1CCc2cc(SC(C)(C)C(=O)O)ccc2C1. The normalized spacial score (nSPS) is 15.9. The third-order valence-corrected chi connectivity index (χ3v) is 6.72. The number of thioether (sulfide) groups is 1. The first kappa shape index (κ1) is 25.7. The number of fused-ring (bicyclic) bond motifs is 1. The maximum absolute atomic E-state index is 12.8. The van der Waals surface area contributed by atoms with Crippen molar-refractivity contribution in [1.82, 2.24) is 4.90 Å². The lowest BCUT2D eigenvalue weighted by Gasteiger charge is -2.34. The van der Waals surface area contributed by atoms with Crippen LogP contribution in [0.25, 0.3) is 0 Å². The summed E-state index contributed by atoms with van der Waals surface area (Å²) in [5.74, 6) is -1.15. The van der Waals surface area contributed by atoms with Crippen molar-refractivity contribution in [3.05, 3.63) is 53.6 Å². The molecule has 2 aromatic carbocycles. The monoisotopic (exact) mass is 497 g/mol. The molecule has 184 valence electrons. The van der Waals surface area contributed by atoms with E-state index in [1.165, 1.54) is 23.9 Å². The molecule has 10 heteroatoms. The van der Waals surface area contributed by atoms with Crippen LogP contribution in [-0.2, 0) is 17.6 Å². The minimum atomic E-state index is -4.79. The summed E-state index contributed by atoms with van der Waals surface area (Å²) >= 11 is 1.29. The minimum absolute atomic E-state index is 0.0909. The molecular weight excluding hydrogens is 471 g/mol. The van der Waals surface area contributed by atoms with Crippen LogP contribution < -0.4 is 9.47 Å². The molecule has 0 radical (unpaired) electrons. The summed E-state index contributed by atoms with van der Waals surface area (Å²) in [6.45, 7) is 5.58. The highest BCUT2D eigenvalue weighted by Crippen LogP contribution is 2.36. The number of carbonyl (C=O) groups excluding carboxylic acids is 1. The highest BCUT2D eigenvalue weighted by molar-refractivity contribution is 8.01. The van der Waals surface area contributed by atoms with E-state index < -0.39 is 28.9 Å². The fraction of sp³-hybridized carbons (Fsp3) is 0.417. The molecule has 1 unspecified atom stereocenters. The van der Waals surface area contributed by atoms with Crippen molar-refractivity contribution in [2.24, 2.45) is 0 Å². The molecule has 1 N–H and O–H groups in total. The molecule has 0 aliphatic heterocycles. The van der Waals surface area contributed by atoms with Crippen molar-refractivity contribution in [2.75, 3.05) is 6.54 Å². The highest BCUT2D eigenvalue weighted by Gasteiger charge is 2.32. The van der Waals surface area contributed by atoms with Gasteiger partial charge in [0.15, 0.2) is 0 Å². The average Bonchev–Trinajstić information content (AvgIpc) is 2.74. The molecule has 1 atom stereocenters. The molecule has 0 saturated heterocycles. The van der Waals surface area contributed by atoms with Crippen LogP contribution in [0.1, 0.15) is 38.3 Å². The number of amides is 1. The van der Waals surface area contributed by atoms with E-state index in [9.17, 15) is 27.9 Å². The maximum atomic E-state index is 12.8. The molecular formula is C24H26F3NO5S. The van der Waals surface area contributed by atoms with Gasteiger partial charge in [-0.2, -0.15) is 0 Å². The van der Waals surface area contributed by atoms with Crippen LogP contribution in [0.15, 0.2) is 47.4 Å². The zero-order valence-electron chi connectivity index (χ0n) is 19.0. The molecule has 0 spiro atoms. The number of carbonyl (C=O) groups is 2. The number of hydrogen-bond donors (Lipinski definition) is 1. The van der Waals surface area contributed by atoms with Gasteiger partial charge in [-0.1, -0.05) is 6.07 Å². The largest absolute Gasteiger partial charge is 0.573 e. The lowest BCUT2D eigenvalue weighted by molar-refractivity contribution is -0.274. The summed E-state index contributed by atoms with van der Waals surface area (Å²) in [4.78, 5) is 26.7. The number of rotatable bonds is 7. The number of aryl methyl sites for hydroxylation is 1. The van der Waals surface area contributed by atoms with Gasteiger partial charge in [0.2, 0.25) is 0 Å². The highest BCUT2D eigenvalue weighted by atomic mass is 32.2. The maximum Gasteiger partial charge on any atom is 0.573 e. The van der Waals surface area contributed by atoms with Gasteiger partial charge in [-0.05, 0) is 87.6 Å². The van der Waals surface area contributed by atoms with E-state index in [1.807, 2.05) is 25.1 Å². The first-order valence-corrected chi connectivity index (χ1v) is 11.6. The number of hydrogen-bond acceptors (Lipinski definition) is 5. The van der Waals surface area contributed by atoms with E-state index in [4.69, 9.17) is 4.74 Å². The molecule has 0 fully saturated rings. The standard InChI is InChI=1S/C24H26F3NO5S/c1-4-28(22(31)32-18-8-10-19(11-9-18)33-24(25,26)27)17-7-5-16-14-20(12-6-15(16)13-17)34-23(2,3)21(29)30/h6,8-12,14,17H,4-5,7,13H2,1-3H3,(H,29,30). The quantitative estimate of drug-likeness (QED) is 0.479. The molecule has 6 nitrogen and oxygen atoms in total. The lowest BCUT2D eigenvalue weighted by atomic mass is 9.87. The third-order valence-electron chi connectivity index (χ3n) is 5.55. The van der Waals surface area contributed by atoms with Crippen LogP contribution in [-0.4, -0.2) is 45.8 Å². The smallest absolute Gasteiger partial charge is 0.480 e. The summed E-state index contributed by atoms with van der Waals surface area (Å²) < 4.78 is 45.2. The molecule has 34 heavy (non-hydrogen) atoms. The summed E-state index contributed by atoms with van der Waals surface area (Å²) in [6, 6.07) is 10.5. The Balaban J connectivity index is 1.64. The van der Waals surface area contributed by atoms with Crippen molar-refractivity contribution >= 4 is 23.8 Å². The number of ether oxygens (including phenoxy) is 2. The minimum Gasteiger partial charge on any atom is -0.480 e. The topological polar surface area (TPSA) is 76.1 Å². The molecule has 1 aliphatic carbocycles. The van der Waals surface area contributed by atoms with Crippen LogP contribution >= 0.6 is 11.8 Å². The predicted octanol–water partition coefficient (Wildman–Crippen LogP) is 5.92. The Morgan fingerprint density at radius 3 is 2.32 bits per heavy atom. The van der Waals surface area contributed by atoms with E-state index in [1.54, 1.807) is 18.7 Å². The molecule has 2 aromatic rings. The molecule has 0 saturated carbocycles. The first-order chi connectivity index (χ1) is 15.9. The number of carboxylic acids is 1. The van der Waals surface area contributed by atoms with E-state index in [-0.39, 0.29) is 11.8 Å². The Hall–Kier alpha value is -2.88. The molecule has 0 aromatic heterocycles. The number of nitrogens with zero attached hydrogens (tertiary/aromatic N) is 1. The van der Waals surface area contributed by atoms with Gasteiger partial charge in [-0.15, -0.1) is 24.9 Å². The van der Waals surface area contributed by atoms with E-state index in [0.717, 1.165) is 34.6 Å². The molecule has 0 bridgehead atoms. The number of carboxylic acid groups (broad SMARTS) is 1. The van der Waals surface area contributed by atoms with Crippen LogP contribution in [0.5, 0.6) is 11.5 Å². The predicted molar refractivity (Wildman–Crippen MR) is 121 cm³/mol. The molecule has 0 heterocycles. The van der Waals surface area contributed by atoms with Gasteiger partial charge in [-0.25, -0.2) is 4.79 Å². The fourth-order valence-corrected chi connectivity index (χ4v) is 4.80. The van der Waals surface area contributed by atoms with E-state index >= 15 is 0 Å². The Morgan fingerprint density at radius 2 is 1.74 bits per heavy atom. The number of alkyl halides is 3. The zero-order chi connectivity index (χ0) is 25.1. The Kier molecular flexibility index (Phi) is 7.70.